The highest BCUT2D eigenvalue weighted by Gasteiger charge is 1.97. The van der Waals surface area contributed by atoms with Gasteiger partial charge in [0.05, 0.1) is 0 Å². The molecule has 0 rings (SSSR count). The summed E-state index contributed by atoms with van der Waals surface area (Å²) in [4.78, 5) is 0.480. The highest BCUT2D eigenvalue weighted by Crippen LogP contribution is 2.07. The molecular formula is C4H7Br2Cl. The van der Waals surface area contributed by atoms with E-state index >= 15 is 0 Å². The SMILES string of the molecule is ClCC(Br)CCBr. The first kappa shape index (κ1) is 8.25. The molecule has 1 unspecified atom stereocenters. The van der Waals surface area contributed by atoms with Crippen LogP contribution in [-0.4, -0.2) is 16.0 Å². The Balaban J connectivity index is 2.83. The molecule has 0 saturated carbocycles. The van der Waals surface area contributed by atoms with Crippen LogP contribution in [-0.2, 0) is 0 Å². The van der Waals surface area contributed by atoms with Gasteiger partial charge in [0.1, 0.15) is 0 Å². The largest absolute Gasteiger partial charge is 0.126 e. The zero-order valence-electron chi connectivity index (χ0n) is 3.83. The molecule has 1 atom stereocenters. The Kier molecular flexibility index (Phi) is 6.35. The summed E-state index contributed by atoms with van der Waals surface area (Å²) in [6.45, 7) is 0. The third-order valence-electron chi connectivity index (χ3n) is 0.590. The van der Waals surface area contributed by atoms with E-state index in [9.17, 15) is 0 Å². The monoisotopic (exact) mass is 248 g/mol. The fraction of sp³-hybridized carbons (Fsp3) is 1.00. The van der Waals surface area contributed by atoms with Crippen molar-refractivity contribution in [2.75, 3.05) is 11.2 Å². The molecule has 0 spiro atoms. The molecule has 0 fully saturated rings. The van der Waals surface area contributed by atoms with E-state index in [2.05, 4.69) is 31.9 Å². The van der Waals surface area contributed by atoms with Crippen molar-refractivity contribution in [2.45, 2.75) is 11.2 Å². The van der Waals surface area contributed by atoms with Gasteiger partial charge in [-0.1, -0.05) is 31.9 Å². The topological polar surface area (TPSA) is 0 Å². The molecule has 0 heterocycles. The van der Waals surface area contributed by atoms with Crippen molar-refractivity contribution in [3.8, 4) is 0 Å². The van der Waals surface area contributed by atoms with E-state index in [0.717, 1.165) is 11.8 Å². The van der Waals surface area contributed by atoms with E-state index in [1.807, 2.05) is 0 Å². The van der Waals surface area contributed by atoms with Crippen LogP contribution < -0.4 is 0 Å². The highest BCUT2D eigenvalue weighted by atomic mass is 79.9. The summed E-state index contributed by atoms with van der Waals surface area (Å²) >= 11 is 12.1. The summed E-state index contributed by atoms with van der Waals surface area (Å²) in [5.74, 6) is 0.700. The zero-order valence-corrected chi connectivity index (χ0v) is 7.76. The summed E-state index contributed by atoms with van der Waals surface area (Å²) in [7, 11) is 0. The molecule has 44 valence electrons. The van der Waals surface area contributed by atoms with Gasteiger partial charge < -0.3 is 0 Å². The van der Waals surface area contributed by atoms with Gasteiger partial charge in [-0.3, -0.25) is 0 Å². The number of halogens is 3. The van der Waals surface area contributed by atoms with Crippen LogP contribution in [0.15, 0.2) is 0 Å². The Morgan fingerprint density at radius 3 is 2.29 bits per heavy atom. The van der Waals surface area contributed by atoms with Gasteiger partial charge in [0.2, 0.25) is 0 Å². The van der Waals surface area contributed by atoms with E-state index in [0.29, 0.717) is 10.7 Å². The molecule has 0 radical (unpaired) electrons. The lowest BCUT2D eigenvalue weighted by Gasteiger charge is -1.98. The van der Waals surface area contributed by atoms with E-state index in [4.69, 9.17) is 11.6 Å². The Labute approximate surface area is 65.9 Å². The first-order chi connectivity index (χ1) is 3.31. The Morgan fingerprint density at radius 1 is 1.57 bits per heavy atom. The summed E-state index contributed by atoms with van der Waals surface area (Å²) in [6, 6.07) is 0. The lowest BCUT2D eigenvalue weighted by molar-refractivity contribution is 0.946. The first-order valence-electron chi connectivity index (χ1n) is 2.07. The molecule has 0 saturated heterocycles. The molecule has 3 heteroatoms. The van der Waals surface area contributed by atoms with Crippen LogP contribution in [0.25, 0.3) is 0 Å². The lowest BCUT2D eigenvalue weighted by atomic mass is 10.4. The van der Waals surface area contributed by atoms with Gasteiger partial charge >= 0.3 is 0 Å². The lowest BCUT2D eigenvalue weighted by Crippen LogP contribution is -1.98. The molecule has 0 aliphatic carbocycles. The van der Waals surface area contributed by atoms with Gasteiger partial charge in [0.15, 0.2) is 0 Å². The maximum atomic E-state index is 5.46. The summed E-state index contributed by atoms with van der Waals surface area (Å²) < 4.78 is 0. The van der Waals surface area contributed by atoms with Gasteiger partial charge in [0, 0.05) is 16.0 Å². The van der Waals surface area contributed by atoms with Gasteiger partial charge in [0.25, 0.3) is 0 Å². The van der Waals surface area contributed by atoms with E-state index < -0.39 is 0 Å². The minimum absolute atomic E-state index is 0.480. The summed E-state index contributed by atoms with van der Waals surface area (Å²) in [5.41, 5.74) is 0. The van der Waals surface area contributed by atoms with Crippen LogP contribution >= 0.6 is 43.5 Å². The van der Waals surface area contributed by atoms with Crippen molar-refractivity contribution in [3.05, 3.63) is 0 Å². The van der Waals surface area contributed by atoms with E-state index in [1.165, 1.54) is 0 Å². The highest BCUT2D eigenvalue weighted by molar-refractivity contribution is 9.10. The van der Waals surface area contributed by atoms with Crippen molar-refractivity contribution >= 4 is 43.5 Å². The molecule has 0 aromatic carbocycles. The molecule has 0 aliphatic heterocycles. The van der Waals surface area contributed by atoms with Crippen LogP contribution in [0.1, 0.15) is 6.42 Å². The minimum Gasteiger partial charge on any atom is -0.126 e. The van der Waals surface area contributed by atoms with Gasteiger partial charge in [-0.15, -0.1) is 11.6 Å². The fourth-order valence-electron chi connectivity index (χ4n) is 0.196. The average molecular weight is 250 g/mol. The van der Waals surface area contributed by atoms with Crippen LogP contribution in [0.3, 0.4) is 0 Å². The van der Waals surface area contributed by atoms with Gasteiger partial charge in [-0.05, 0) is 6.42 Å². The fourth-order valence-corrected chi connectivity index (χ4v) is 1.75. The van der Waals surface area contributed by atoms with Crippen molar-refractivity contribution in [3.63, 3.8) is 0 Å². The minimum atomic E-state index is 0.480. The molecule has 7 heavy (non-hydrogen) atoms. The Bertz CT molecular complexity index is 40.7. The average Bonchev–Trinajstić information content (AvgIpc) is 1.68. The number of hydrogen-bond acceptors (Lipinski definition) is 0. The van der Waals surface area contributed by atoms with Crippen LogP contribution in [0.4, 0.5) is 0 Å². The summed E-state index contributed by atoms with van der Waals surface area (Å²) in [5, 5.41) is 1.02. The second-order valence-electron chi connectivity index (χ2n) is 1.23. The molecule has 0 amide bonds. The Morgan fingerprint density at radius 2 is 2.14 bits per heavy atom. The van der Waals surface area contributed by atoms with E-state index in [1.54, 1.807) is 0 Å². The van der Waals surface area contributed by atoms with Crippen LogP contribution in [0.2, 0.25) is 0 Å². The molecule has 0 bridgehead atoms. The van der Waals surface area contributed by atoms with E-state index in [-0.39, 0.29) is 0 Å². The number of hydrogen-bond donors (Lipinski definition) is 0. The predicted molar refractivity (Wildman–Crippen MR) is 41.8 cm³/mol. The Hall–Kier alpha value is 1.25. The third kappa shape index (κ3) is 5.12. The maximum Gasteiger partial charge on any atom is 0.0349 e. The van der Waals surface area contributed by atoms with Gasteiger partial charge in [-0.2, -0.15) is 0 Å². The standard InChI is InChI=1S/C4H7Br2Cl/c5-2-1-4(6)3-7/h4H,1-3H2. The summed E-state index contributed by atoms with van der Waals surface area (Å²) in [6.07, 6.45) is 1.10. The molecule has 0 N–H and O–H groups in total. The number of alkyl halides is 3. The maximum absolute atomic E-state index is 5.46. The second kappa shape index (κ2) is 5.39. The van der Waals surface area contributed by atoms with Crippen LogP contribution in [0.5, 0.6) is 0 Å². The quantitative estimate of drug-likeness (QED) is 0.676. The first-order valence-corrected chi connectivity index (χ1v) is 4.64. The predicted octanol–water partition coefficient (Wildman–Crippen LogP) is 2.77. The molecular weight excluding hydrogens is 243 g/mol. The van der Waals surface area contributed by atoms with Gasteiger partial charge in [-0.25, -0.2) is 0 Å². The molecule has 0 aromatic heterocycles. The zero-order chi connectivity index (χ0) is 5.70. The van der Waals surface area contributed by atoms with Crippen molar-refractivity contribution in [1.82, 2.24) is 0 Å². The van der Waals surface area contributed by atoms with Crippen molar-refractivity contribution in [2.24, 2.45) is 0 Å². The second-order valence-corrected chi connectivity index (χ2v) is 3.63. The third-order valence-corrected chi connectivity index (χ3v) is 2.57. The molecule has 0 aliphatic rings. The number of rotatable bonds is 3. The molecule has 0 aromatic rings. The van der Waals surface area contributed by atoms with Crippen LogP contribution in [0, 0.1) is 0 Å². The van der Waals surface area contributed by atoms with Crippen molar-refractivity contribution < 1.29 is 0 Å². The van der Waals surface area contributed by atoms with Crippen molar-refractivity contribution in [1.29, 1.82) is 0 Å². The molecule has 0 nitrogen and oxygen atoms in total. The smallest absolute Gasteiger partial charge is 0.0349 e. The normalized spacial score (nSPS) is 14.1.